The fourth-order valence-electron chi connectivity index (χ4n) is 2.05. The summed E-state index contributed by atoms with van der Waals surface area (Å²) in [6.07, 6.45) is 3.03. The first kappa shape index (κ1) is 13.4. The highest BCUT2D eigenvalue weighted by atomic mass is 32.2. The first-order valence-corrected chi connectivity index (χ1v) is 7.75. The molecule has 0 unspecified atom stereocenters. The van der Waals surface area contributed by atoms with Crippen molar-refractivity contribution < 1.29 is 8.42 Å². The summed E-state index contributed by atoms with van der Waals surface area (Å²) in [6.45, 7) is 0. The van der Waals surface area contributed by atoms with Crippen LogP contribution in [0, 0.1) is 0 Å². The van der Waals surface area contributed by atoms with Gasteiger partial charge in [-0.05, 0) is 47.2 Å². The third-order valence-corrected chi connectivity index (χ3v) is 4.44. The minimum atomic E-state index is -3.65. The van der Waals surface area contributed by atoms with Crippen molar-refractivity contribution in [2.75, 3.05) is 10.5 Å². The maximum absolute atomic E-state index is 12.4. The number of aromatic nitrogens is 1. The van der Waals surface area contributed by atoms with E-state index >= 15 is 0 Å². The molecule has 1 heterocycles. The van der Waals surface area contributed by atoms with Gasteiger partial charge in [-0.1, -0.05) is 12.1 Å². The number of nitrogens with one attached hydrogen (secondary N) is 1. The van der Waals surface area contributed by atoms with Crippen LogP contribution in [0.15, 0.2) is 65.8 Å². The maximum atomic E-state index is 12.4. The molecule has 0 bridgehead atoms. The van der Waals surface area contributed by atoms with E-state index in [4.69, 9.17) is 5.73 Å². The normalized spacial score (nSPS) is 11.4. The quantitative estimate of drug-likeness (QED) is 0.728. The van der Waals surface area contributed by atoms with Gasteiger partial charge >= 0.3 is 0 Å². The SMILES string of the molecule is Nc1ccc2ccc(S(=O)(=O)Nc3cccnc3)cc2c1. The van der Waals surface area contributed by atoms with E-state index in [2.05, 4.69) is 9.71 Å². The molecule has 106 valence electrons. The molecular weight excluding hydrogens is 286 g/mol. The van der Waals surface area contributed by atoms with Crippen molar-refractivity contribution in [2.45, 2.75) is 4.90 Å². The molecule has 1 aromatic heterocycles. The standard InChI is InChI=1S/C15H13N3O2S/c16-13-5-3-11-4-6-15(9-12(11)8-13)21(19,20)18-14-2-1-7-17-10-14/h1-10,18H,16H2. The number of anilines is 2. The average molecular weight is 299 g/mol. The Hall–Kier alpha value is -2.60. The van der Waals surface area contributed by atoms with E-state index in [0.717, 1.165) is 10.8 Å². The van der Waals surface area contributed by atoms with E-state index in [1.807, 2.05) is 6.07 Å². The minimum absolute atomic E-state index is 0.185. The number of hydrogen-bond acceptors (Lipinski definition) is 4. The molecule has 3 N–H and O–H groups in total. The summed E-state index contributed by atoms with van der Waals surface area (Å²) in [5, 5.41) is 1.72. The lowest BCUT2D eigenvalue weighted by atomic mass is 10.1. The molecular formula is C15H13N3O2S. The van der Waals surface area contributed by atoms with Crippen molar-refractivity contribution in [2.24, 2.45) is 0 Å². The van der Waals surface area contributed by atoms with Crippen LogP contribution >= 0.6 is 0 Å². The molecule has 0 fully saturated rings. The van der Waals surface area contributed by atoms with E-state index in [1.165, 1.54) is 6.20 Å². The van der Waals surface area contributed by atoms with Crippen LogP contribution < -0.4 is 10.5 Å². The Morgan fingerprint density at radius 1 is 1.00 bits per heavy atom. The smallest absolute Gasteiger partial charge is 0.261 e. The molecule has 0 radical (unpaired) electrons. The van der Waals surface area contributed by atoms with Gasteiger partial charge in [-0.15, -0.1) is 0 Å². The van der Waals surface area contributed by atoms with Crippen LogP contribution in [-0.2, 0) is 10.0 Å². The van der Waals surface area contributed by atoms with E-state index in [0.29, 0.717) is 11.4 Å². The number of hydrogen-bond donors (Lipinski definition) is 2. The summed E-state index contributed by atoms with van der Waals surface area (Å²) in [5.74, 6) is 0. The van der Waals surface area contributed by atoms with Gasteiger partial charge in [-0.25, -0.2) is 8.42 Å². The lowest BCUT2D eigenvalue weighted by Crippen LogP contribution is -2.12. The Morgan fingerprint density at radius 3 is 2.57 bits per heavy atom. The number of benzene rings is 2. The molecule has 3 aromatic rings. The van der Waals surface area contributed by atoms with Crippen molar-refractivity contribution in [1.82, 2.24) is 4.98 Å². The van der Waals surface area contributed by atoms with Crippen LogP contribution in [-0.4, -0.2) is 13.4 Å². The molecule has 0 aliphatic carbocycles. The molecule has 0 spiro atoms. The van der Waals surface area contributed by atoms with Crippen molar-refractivity contribution >= 4 is 32.2 Å². The number of rotatable bonds is 3. The zero-order valence-corrected chi connectivity index (χ0v) is 11.8. The van der Waals surface area contributed by atoms with E-state index < -0.39 is 10.0 Å². The fourth-order valence-corrected chi connectivity index (χ4v) is 3.13. The molecule has 2 aromatic carbocycles. The second kappa shape index (κ2) is 5.06. The van der Waals surface area contributed by atoms with Gasteiger partial charge in [0.05, 0.1) is 16.8 Å². The first-order valence-electron chi connectivity index (χ1n) is 6.27. The molecule has 6 heteroatoms. The molecule has 0 saturated carbocycles. The molecule has 5 nitrogen and oxygen atoms in total. The maximum Gasteiger partial charge on any atom is 0.261 e. The van der Waals surface area contributed by atoms with Gasteiger partial charge in [0.25, 0.3) is 10.0 Å². The summed E-state index contributed by atoms with van der Waals surface area (Å²) in [6, 6.07) is 13.6. The first-order chi connectivity index (χ1) is 10.0. The van der Waals surface area contributed by atoms with Gasteiger partial charge in [0.1, 0.15) is 0 Å². The van der Waals surface area contributed by atoms with E-state index in [9.17, 15) is 8.42 Å². The molecule has 0 amide bonds. The molecule has 21 heavy (non-hydrogen) atoms. The fraction of sp³-hybridized carbons (Fsp3) is 0. The average Bonchev–Trinajstić information content (AvgIpc) is 2.47. The highest BCUT2D eigenvalue weighted by Gasteiger charge is 2.14. The summed E-state index contributed by atoms with van der Waals surface area (Å²) >= 11 is 0. The lowest BCUT2D eigenvalue weighted by Gasteiger charge is -2.08. The second-order valence-electron chi connectivity index (χ2n) is 4.62. The zero-order chi connectivity index (χ0) is 14.9. The van der Waals surface area contributed by atoms with Crippen LogP contribution in [0.25, 0.3) is 10.8 Å². The van der Waals surface area contributed by atoms with Gasteiger partial charge in [-0.3, -0.25) is 9.71 Å². The predicted molar refractivity (Wildman–Crippen MR) is 83.4 cm³/mol. The third kappa shape index (κ3) is 2.80. The van der Waals surface area contributed by atoms with Gasteiger partial charge in [-0.2, -0.15) is 0 Å². The van der Waals surface area contributed by atoms with Crippen LogP contribution in [0.2, 0.25) is 0 Å². The van der Waals surface area contributed by atoms with Gasteiger partial charge in [0, 0.05) is 11.9 Å². The van der Waals surface area contributed by atoms with Crippen LogP contribution in [0.3, 0.4) is 0 Å². The van der Waals surface area contributed by atoms with E-state index in [1.54, 1.807) is 48.7 Å². The summed E-state index contributed by atoms with van der Waals surface area (Å²) in [5.41, 5.74) is 6.75. The summed E-state index contributed by atoms with van der Waals surface area (Å²) in [4.78, 5) is 4.07. The Balaban J connectivity index is 2.02. The zero-order valence-electron chi connectivity index (χ0n) is 11.0. The molecule has 0 aliphatic heterocycles. The third-order valence-electron chi connectivity index (χ3n) is 3.06. The van der Waals surface area contributed by atoms with Crippen molar-refractivity contribution in [1.29, 1.82) is 0 Å². The second-order valence-corrected chi connectivity index (χ2v) is 6.30. The van der Waals surface area contributed by atoms with Crippen molar-refractivity contribution in [3.05, 3.63) is 60.9 Å². The number of pyridine rings is 1. The Morgan fingerprint density at radius 2 is 1.81 bits per heavy atom. The van der Waals surface area contributed by atoms with Gasteiger partial charge < -0.3 is 5.73 Å². The topological polar surface area (TPSA) is 85.1 Å². The molecule has 0 atom stereocenters. The monoisotopic (exact) mass is 299 g/mol. The van der Waals surface area contributed by atoms with Crippen LogP contribution in [0.1, 0.15) is 0 Å². The Kier molecular flexibility index (Phi) is 3.23. The molecule has 3 rings (SSSR count). The van der Waals surface area contributed by atoms with Crippen molar-refractivity contribution in [3.8, 4) is 0 Å². The molecule has 0 aliphatic rings. The number of nitrogens with two attached hydrogens (primary N) is 1. The van der Waals surface area contributed by atoms with Gasteiger partial charge in [0.15, 0.2) is 0 Å². The number of sulfonamides is 1. The largest absolute Gasteiger partial charge is 0.399 e. The van der Waals surface area contributed by atoms with Gasteiger partial charge in [0.2, 0.25) is 0 Å². The Labute approximate surface area is 122 Å². The predicted octanol–water partition coefficient (Wildman–Crippen LogP) is 2.62. The van der Waals surface area contributed by atoms with E-state index in [-0.39, 0.29) is 4.90 Å². The van der Waals surface area contributed by atoms with Crippen LogP contribution in [0.5, 0.6) is 0 Å². The highest BCUT2D eigenvalue weighted by Crippen LogP contribution is 2.22. The lowest BCUT2D eigenvalue weighted by molar-refractivity contribution is 0.601. The van der Waals surface area contributed by atoms with Crippen molar-refractivity contribution in [3.63, 3.8) is 0 Å². The number of nitrogens with zero attached hydrogens (tertiary/aromatic N) is 1. The summed E-state index contributed by atoms with van der Waals surface area (Å²) < 4.78 is 27.2. The Bertz CT molecular complexity index is 893. The number of fused-ring (bicyclic) bond motifs is 1. The highest BCUT2D eigenvalue weighted by molar-refractivity contribution is 7.92. The van der Waals surface area contributed by atoms with Crippen LogP contribution in [0.4, 0.5) is 11.4 Å². The minimum Gasteiger partial charge on any atom is -0.399 e. The summed E-state index contributed by atoms with van der Waals surface area (Å²) in [7, 11) is -3.65. The number of nitrogen functional groups attached to an aromatic ring is 1. The molecule has 0 saturated heterocycles.